The molecule has 1 unspecified atom stereocenters. The van der Waals surface area contributed by atoms with E-state index in [1.165, 1.54) is 0 Å². The summed E-state index contributed by atoms with van der Waals surface area (Å²) >= 11 is 0. The second-order valence-electron chi connectivity index (χ2n) is 4.53. The molecule has 5 heteroatoms. The van der Waals surface area contributed by atoms with Crippen molar-refractivity contribution in [2.45, 2.75) is 45.1 Å². The zero-order chi connectivity index (χ0) is 11.5. The molecule has 1 aromatic rings. The molecule has 90 valence electrons. The predicted molar refractivity (Wildman–Crippen MR) is 64.5 cm³/mol. The molecule has 0 bridgehead atoms. The Kier molecular flexibility index (Phi) is 3.43. The third-order valence-corrected chi connectivity index (χ3v) is 3.37. The van der Waals surface area contributed by atoms with Gasteiger partial charge in [-0.2, -0.15) is 4.98 Å². The quantitative estimate of drug-likeness (QED) is 0.805. The SMILES string of the molecule is CCC(CC)c1nc(N2CCC(N)C2)n[nH]1. The van der Waals surface area contributed by atoms with Crippen LogP contribution in [0.3, 0.4) is 0 Å². The van der Waals surface area contributed by atoms with Crippen molar-refractivity contribution < 1.29 is 0 Å². The number of H-pyrrole nitrogens is 1. The normalized spacial score (nSPS) is 21.0. The van der Waals surface area contributed by atoms with E-state index in [0.717, 1.165) is 44.1 Å². The highest BCUT2D eigenvalue weighted by atomic mass is 15.4. The van der Waals surface area contributed by atoms with Gasteiger partial charge in [0.2, 0.25) is 5.95 Å². The molecular formula is C11H21N5. The lowest BCUT2D eigenvalue weighted by atomic mass is 10.0. The lowest BCUT2D eigenvalue weighted by Gasteiger charge is -2.12. The number of aromatic amines is 1. The fraction of sp³-hybridized carbons (Fsp3) is 0.818. The molecular weight excluding hydrogens is 202 g/mol. The summed E-state index contributed by atoms with van der Waals surface area (Å²) in [6, 6.07) is 0.273. The van der Waals surface area contributed by atoms with Gasteiger partial charge in [-0.25, -0.2) is 0 Å². The molecule has 3 N–H and O–H groups in total. The zero-order valence-corrected chi connectivity index (χ0v) is 10.1. The Morgan fingerprint density at radius 1 is 1.50 bits per heavy atom. The van der Waals surface area contributed by atoms with Crippen molar-refractivity contribution in [2.75, 3.05) is 18.0 Å². The highest BCUT2D eigenvalue weighted by molar-refractivity contribution is 5.31. The Bertz CT molecular complexity index is 331. The number of nitrogens with zero attached hydrogens (tertiary/aromatic N) is 3. The van der Waals surface area contributed by atoms with Crippen molar-refractivity contribution in [1.29, 1.82) is 0 Å². The standard InChI is InChI=1S/C11H21N5/c1-3-8(4-2)10-13-11(15-14-10)16-6-5-9(12)7-16/h8-9H,3-7,12H2,1-2H3,(H,13,14,15). The number of nitrogens with two attached hydrogens (primary N) is 1. The maximum absolute atomic E-state index is 5.87. The lowest BCUT2D eigenvalue weighted by Crippen LogP contribution is -2.27. The van der Waals surface area contributed by atoms with Gasteiger partial charge in [0.1, 0.15) is 5.82 Å². The van der Waals surface area contributed by atoms with E-state index in [0.29, 0.717) is 5.92 Å². The summed E-state index contributed by atoms with van der Waals surface area (Å²) in [5.41, 5.74) is 5.87. The Labute approximate surface area is 96.4 Å². The minimum Gasteiger partial charge on any atom is -0.338 e. The van der Waals surface area contributed by atoms with Crippen LogP contribution in [0.15, 0.2) is 0 Å². The van der Waals surface area contributed by atoms with Gasteiger partial charge in [-0.05, 0) is 19.3 Å². The average molecular weight is 223 g/mol. The summed E-state index contributed by atoms with van der Waals surface area (Å²) in [4.78, 5) is 6.73. The number of rotatable bonds is 4. The molecule has 0 amide bonds. The molecule has 16 heavy (non-hydrogen) atoms. The lowest BCUT2D eigenvalue weighted by molar-refractivity contribution is 0.604. The van der Waals surface area contributed by atoms with Gasteiger partial charge in [-0.3, -0.25) is 5.10 Å². The van der Waals surface area contributed by atoms with E-state index >= 15 is 0 Å². The van der Waals surface area contributed by atoms with Crippen LogP contribution in [0.1, 0.15) is 44.9 Å². The highest BCUT2D eigenvalue weighted by Crippen LogP contribution is 2.22. The second-order valence-corrected chi connectivity index (χ2v) is 4.53. The Morgan fingerprint density at radius 2 is 2.25 bits per heavy atom. The highest BCUT2D eigenvalue weighted by Gasteiger charge is 2.23. The molecule has 1 aliphatic heterocycles. The molecule has 1 atom stereocenters. The van der Waals surface area contributed by atoms with E-state index in [9.17, 15) is 0 Å². The van der Waals surface area contributed by atoms with Crippen LogP contribution in [0.4, 0.5) is 5.95 Å². The van der Waals surface area contributed by atoms with Gasteiger partial charge < -0.3 is 10.6 Å². The summed E-state index contributed by atoms with van der Waals surface area (Å²) in [5, 5.41) is 7.34. The van der Waals surface area contributed by atoms with E-state index in [4.69, 9.17) is 5.73 Å². The first kappa shape index (κ1) is 11.4. The van der Waals surface area contributed by atoms with Crippen LogP contribution < -0.4 is 10.6 Å². The molecule has 0 radical (unpaired) electrons. The van der Waals surface area contributed by atoms with E-state index in [1.54, 1.807) is 0 Å². The molecule has 1 saturated heterocycles. The topological polar surface area (TPSA) is 70.8 Å². The first-order chi connectivity index (χ1) is 7.74. The van der Waals surface area contributed by atoms with Crippen LogP contribution in [0, 0.1) is 0 Å². The molecule has 1 fully saturated rings. The maximum atomic E-state index is 5.87. The van der Waals surface area contributed by atoms with Gasteiger partial charge in [-0.15, -0.1) is 5.10 Å². The largest absolute Gasteiger partial charge is 0.338 e. The van der Waals surface area contributed by atoms with Crippen molar-refractivity contribution in [3.05, 3.63) is 5.82 Å². The smallest absolute Gasteiger partial charge is 0.244 e. The van der Waals surface area contributed by atoms with E-state index in [-0.39, 0.29) is 6.04 Å². The Balaban J connectivity index is 2.07. The molecule has 2 heterocycles. The summed E-state index contributed by atoms with van der Waals surface area (Å²) in [5.74, 6) is 2.33. The van der Waals surface area contributed by atoms with Crippen molar-refractivity contribution >= 4 is 5.95 Å². The van der Waals surface area contributed by atoms with Crippen molar-refractivity contribution in [3.8, 4) is 0 Å². The van der Waals surface area contributed by atoms with Crippen molar-refractivity contribution in [3.63, 3.8) is 0 Å². The van der Waals surface area contributed by atoms with E-state index in [2.05, 4.69) is 33.9 Å². The fourth-order valence-corrected chi connectivity index (χ4v) is 2.23. The van der Waals surface area contributed by atoms with E-state index < -0.39 is 0 Å². The molecule has 0 saturated carbocycles. The molecule has 1 aromatic heterocycles. The number of hydrogen-bond donors (Lipinski definition) is 2. The number of hydrogen-bond acceptors (Lipinski definition) is 4. The number of nitrogens with one attached hydrogen (secondary N) is 1. The van der Waals surface area contributed by atoms with Gasteiger partial charge in [0.25, 0.3) is 0 Å². The van der Waals surface area contributed by atoms with Crippen LogP contribution in [-0.2, 0) is 0 Å². The first-order valence-electron chi connectivity index (χ1n) is 6.17. The molecule has 1 aliphatic rings. The minimum atomic E-state index is 0.273. The predicted octanol–water partition coefficient (Wildman–Crippen LogP) is 1.25. The average Bonchev–Trinajstić information content (AvgIpc) is 2.89. The third kappa shape index (κ3) is 2.19. The van der Waals surface area contributed by atoms with Crippen molar-refractivity contribution in [2.24, 2.45) is 5.73 Å². The summed E-state index contributed by atoms with van der Waals surface area (Å²) in [7, 11) is 0. The molecule has 5 nitrogen and oxygen atoms in total. The maximum Gasteiger partial charge on any atom is 0.244 e. The minimum absolute atomic E-state index is 0.273. The molecule has 0 spiro atoms. The second kappa shape index (κ2) is 4.82. The van der Waals surface area contributed by atoms with Gasteiger partial charge in [-0.1, -0.05) is 13.8 Å². The molecule has 0 aliphatic carbocycles. The molecule has 2 rings (SSSR count). The van der Waals surface area contributed by atoms with Gasteiger partial charge in [0.05, 0.1) is 0 Å². The monoisotopic (exact) mass is 223 g/mol. The Hall–Kier alpha value is -1.10. The van der Waals surface area contributed by atoms with Gasteiger partial charge in [0, 0.05) is 25.0 Å². The third-order valence-electron chi connectivity index (χ3n) is 3.37. The van der Waals surface area contributed by atoms with Gasteiger partial charge >= 0.3 is 0 Å². The van der Waals surface area contributed by atoms with Gasteiger partial charge in [0.15, 0.2) is 0 Å². The van der Waals surface area contributed by atoms with Crippen LogP contribution in [-0.4, -0.2) is 34.3 Å². The first-order valence-corrected chi connectivity index (χ1v) is 6.17. The van der Waals surface area contributed by atoms with Crippen LogP contribution in [0.2, 0.25) is 0 Å². The summed E-state index contributed by atoms with van der Waals surface area (Å²) in [6.45, 7) is 6.21. The zero-order valence-electron chi connectivity index (χ0n) is 10.1. The summed E-state index contributed by atoms with van der Waals surface area (Å²) < 4.78 is 0. The number of aromatic nitrogens is 3. The Morgan fingerprint density at radius 3 is 2.81 bits per heavy atom. The molecule has 0 aromatic carbocycles. The summed E-state index contributed by atoms with van der Waals surface area (Å²) in [6.07, 6.45) is 3.24. The van der Waals surface area contributed by atoms with Crippen LogP contribution in [0.5, 0.6) is 0 Å². The van der Waals surface area contributed by atoms with Crippen LogP contribution in [0.25, 0.3) is 0 Å². The van der Waals surface area contributed by atoms with E-state index in [1.807, 2.05) is 0 Å². The number of anilines is 1. The van der Waals surface area contributed by atoms with Crippen molar-refractivity contribution in [1.82, 2.24) is 15.2 Å². The van der Waals surface area contributed by atoms with Crippen LogP contribution >= 0.6 is 0 Å². The fourth-order valence-electron chi connectivity index (χ4n) is 2.23.